The van der Waals surface area contributed by atoms with Crippen LogP contribution >= 0.6 is 27.5 Å². The van der Waals surface area contributed by atoms with Crippen molar-refractivity contribution >= 4 is 43.4 Å². The fraction of sp³-hybridized carbons (Fsp3) is 0.211. The van der Waals surface area contributed by atoms with E-state index in [0.29, 0.717) is 12.2 Å². The van der Waals surface area contributed by atoms with E-state index < -0.39 is 10.0 Å². The number of fused-ring (bicyclic) bond motifs is 4. The molecule has 1 heterocycles. The number of aromatic nitrogens is 1. The molecule has 5 nitrogen and oxygen atoms in total. The quantitative estimate of drug-likeness (QED) is 0.581. The summed E-state index contributed by atoms with van der Waals surface area (Å²) in [5, 5.41) is 4.20. The first-order chi connectivity index (χ1) is 12.9. The molecule has 1 aromatic heterocycles. The Morgan fingerprint density at radius 3 is 2.70 bits per heavy atom. The van der Waals surface area contributed by atoms with E-state index in [-0.39, 0.29) is 21.2 Å². The number of nitrogens with zero attached hydrogens (tertiary/aromatic N) is 1. The van der Waals surface area contributed by atoms with Crippen molar-refractivity contribution in [1.82, 2.24) is 5.16 Å². The summed E-state index contributed by atoms with van der Waals surface area (Å²) >= 11 is 9.57. The summed E-state index contributed by atoms with van der Waals surface area (Å²) in [5.41, 5.74) is 3.07. The van der Waals surface area contributed by atoms with Gasteiger partial charge in [-0.3, -0.25) is 4.72 Å². The molecule has 0 atom stereocenters. The van der Waals surface area contributed by atoms with Gasteiger partial charge in [0.2, 0.25) is 0 Å². The number of rotatable bonds is 3. The monoisotopic (exact) mass is 464 g/mol. The zero-order valence-electron chi connectivity index (χ0n) is 14.0. The summed E-state index contributed by atoms with van der Waals surface area (Å²) in [7, 11) is -3.86. The van der Waals surface area contributed by atoms with Crippen LogP contribution in [0.25, 0.3) is 11.3 Å². The molecule has 0 unspecified atom stereocenters. The predicted octanol–water partition coefficient (Wildman–Crippen LogP) is 5.15. The molecule has 8 heteroatoms. The van der Waals surface area contributed by atoms with Gasteiger partial charge in [0, 0.05) is 21.0 Å². The molecule has 2 aliphatic carbocycles. The minimum atomic E-state index is -3.86. The predicted molar refractivity (Wildman–Crippen MR) is 107 cm³/mol. The van der Waals surface area contributed by atoms with Crippen molar-refractivity contribution in [3.8, 4) is 11.3 Å². The first-order valence-corrected chi connectivity index (χ1v) is 11.1. The number of hydrogen-bond donors (Lipinski definition) is 1. The number of anilines is 1. The molecule has 5 rings (SSSR count). The van der Waals surface area contributed by atoms with Crippen LogP contribution < -0.4 is 4.72 Å². The highest BCUT2D eigenvalue weighted by molar-refractivity contribution is 9.10. The van der Waals surface area contributed by atoms with E-state index >= 15 is 0 Å². The van der Waals surface area contributed by atoms with Gasteiger partial charge in [0.25, 0.3) is 10.0 Å². The number of hydrogen-bond acceptors (Lipinski definition) is 4. The Kier molecular flexibility index (Phi) is 3.73. The smallest absolute Gasteiger partial charge is 0.264 e. The van der Waals surface area contributed by atoms with Gasteiger partial charge >= 0.3 is 0 Å². The van der Waals surface area contributed by atoms with E-state index in [1.165, 1.54) is 11.6 Å². The number of benzene rings is 2. The van der Waals surface area contributed by atoms with Crippen molar-refractivity contribution in [3.63, 3.8) is 0 Å². The molecular formula is C19H14BrClN2O3S. The largest absolute Gasteiger partial charge is 0.354 e. The molecule has 1 N–H and O–H groups in total. The second-order valence-electron chi connectivity index (χ2n) is 7.02. The molecule has 0 aliphatic heterocycles. The lowest BCUT2D eigenvalue weighted by Crippen LogP contribution is -2.20. The van der Waals surface area contributed by atoms with Crippen LogP contribution in [0.1, 0.15) is 24.0 Å². The number of sulfonamides is 1. The van der Waals surface area contributed by atoms with Crippen LogP contribution in [-0.2, 0) is 21.9 Å². The van der Waals surface area contributed by atoms with Crippen LogP contribution in [0.2, 0.25) is 5.02 Å². The maximum absolute atomic E-state index is 12.8. The number of halogens is 2. The highest BCUT2D eigenvalue weighted by Crippen LogP contribution is 2.58. The molecule has 1 fully saturated rings. The van der Waals surface area contributed by atoms with E-state index in [9.17, 15) is 8.42 Å². The lowest BCUT2D eigenvalue weighted by Gasteiger charge is -2.24. The Bertz CT molecular complexity index is 1190. The summed E-state index contributed by atoms with van der Waals surface area (Å²) < 4.78 is 34.7. The topological polar surface area (TPSA) is 72.2 Å². The minimum Gasteiger partial charge on any atom is -0.354 e. The Hall–Kier alpha value is -1.83. The standard InChI is InChI=1S/C19H14BrClN2O3S/c20-11-5-6-14-12(9-11)17-13(10-19(14)7-8-19)18(22-26-17)23-27(24,25)16-4-2-1-3-15(16)21/h1-6,9H,7-8,10H2,(H,22,23). The van der Waals surface area contributed by atoms with Gasteiger partial charge < -0.3 is 4.52 Å². The van der Waals surface area contributed by atoms with Crippen LogP contribution in [0, 0.1) is 0 Å². The minimum absolute atomic E-state index is 0.0171. The molecule has 0 amide bonds. The van der Waals surface area contributed by atoms with E-state index in [4.69, 9.17) is 16.1 Å². The third-order valence-corrected chi connectivity index (χ3v) is 7.64. The molecule has 1 spiro atoms. The summed E-state index contributed by atoms with van der Waals surface area (Å²) in [6.45, 7) is 0. The van der Waals surface area contributed by atoms with E-state index in [0.717, 1.165) is 28.4 Å². The molecule has 0 bridgehead atoms. The third kappa shape index (κ3) is 2.71. The van der Waals surface area contributed by atoms with Crippen LogP contribution in [-0.4, -0.2) is 13.6 Å². The SMILES string of the molecule is O=S(=O)(Nc1noc2c1CC1(CC1)c1ccc(Br)cc1-2)c1ccccc1Cl. The normalized spacial score (nSPS) is 16.7. The second kappa shape index (κ2) is 5.83. The second-order valence-corrected chi connectivity index (χ2v) is 10.00. The molecule has 3 aromatic rings. The zero-order chi connectivity index (χ0) is 18.8. The Morgan fingerprint density at radius 2 is 1.96 bits per heavy atom. The van der Waals surface area contributed by atoms with Gasteiger partial charge in [-0.05, 0) is 49.1 Å². The van der Waals surface area contributed by atoms with Gasteiger partial charge in [-0.2, -0.15) is 0 Å². The fourth-order valence-electron chi connectivity index (χ4n) is 3.81. The average Bonchev–Trinajstić information content (AvgIpc) is 3.29. The highest BCUT2D eigenvalue weighted by Gasteiger charge is 2.50. The fourth-order valence-corrected chi connectivity index (χ4v) is 5.72. The molecule has 27 heavy (non-hydrogen) atoms. The lowest BCUT2D eigenvalue weighted by atomic mass is 9.79. The molecule has 2 aromatic carbocycles. The Labute approximate surface area is 169 Å². The summed E-state index contributed by atoms with van der Waals surface area (Å²) in [5.74, 6) is 0.863. The first-order valence-electron chi connectivity index (χ1n) is 8.46. The Balaban J connectivity index is 1.60. The first kappa shape index (κ1) is 17.3. The highest BCUT2D eigenvalue weighted by atomic mass is 79.9. The van der Waals surface area contributed by atoms with Crippen molar-refractivity contribution in [2.75, 3.05) is 4.72 Å². The van der Waals surface area contributed by atoms with E-state index in [1.807, 2.05) is 12.1 Å². The van der Waals surface area contributed by atoms with Crippen molar-refractivity contribution < 1.29 is 12.9 Å². The molecule has 0 saturated heterocycles. The van der Waals surface area contributed by atoms with E-state index in [2.05, 4.69) is 31.9 Å². The van der Waals surface area contributed by atoms with Crippen molar-refractivity contribution in [2.24, 2.45) is 0 Å². The van der Waals surface area contributed by atoms with Gasteiger partial charge in [0.1, 0.15) is 4.90 Å². The van der Waals surface area contributed by atoms with Gasteiger partial charge in [0.15, 0.2) is 11.6 Å². The maximum Gasteiger partial charge on any atom is 0.264 e. The van der Waals surface area contributed by atoms with Crippen molar-refractivity contribution in [1.29, 1.82) is 0 Å². The van der Waals surface area contributed by atoms with Crippen LogP contribution in [0.4, 0.5) is 5.82 Å². The third-order valence-electron chi connectivity index (χ3n) is 5.31. The molecule has 138 valence electrons. The van der Waals surface area contributed by atoms with Crippen molar-refractivity contribution in [3.05, 3.63) is 63.1 Å². The zero-order valence-corrected chi connectivity index (χ0v) is 17.2. The summed E-state index contributed by atoms with van der Waals surface area (Å²) in [4.78, 5) is 0.0171. The van der Waals surface area contributed by atoms with Gasteiger partial charge in [-0.25, -0.2) is 8.42 Å². The lowest BCUT2D eigenvalue weighted by molar-refractivity contribution is 0.431. The van der Waals surface area contributed by atoms with Gasteiger partial charge in [-0.15, -0.1) is 0 Å². The molecule has 2 aliphatic rings. The maximum atomic E-state index is 12.8. The summed E-state index contributed by atoms with van der Waals surface area (Å²) in [6, 6.07) is 12.5. The van der Waals surface area contributed by atoms with Crippen LogP contribution in [0.15, 0.2) is 56.4 Å². The summed E-state index contributed by atoms with van der Waals surface area (Å²) in [6.07, 6.45) is 2.85. The Morgan fingerprint density at radius 1 is 1.19 bits per heavy atom. The van der Waals surface area contributed by atoms with Gasteiger partial charge in [0.05, 0.1) is 5.02 Å². The van der Waals surface area contributed by atoms with Crippen LogP contribution in [0.5, 0.6) is 0 Å². The van der Waals surface area contributed by atoms with Crippen LogP contribution in [0.3, 0.4) is 0 Å². The number of nitrogens with one attached hydrogen (secondary N) is 1. The van der Waals surface area contributed by atoms with Crippen molar-refractivity contribution in [2.45, 2.75) is 29.6 Å². The van der Waals surface area contributed by atoms with E-state index in [1.54, 1.807) is 18.2 Å². The van der Waals surface area contributed by atoms with Gasteiger partial charge in [-0.1, -0.05) is 50.9 Å². The molecular weight excluding hydrogens is 452 g/mol. The molecule has 1 saturated carbocycles. The average molecular weight is 466 g/mol. The molecule has 0 radical (unpaired) electrons.